The zero-order chi connectivity index (χ0) is 25.1. The van der Waals surface area contributed by atoms with E-state index in [4.69, 9.17) is 16.3 Å². The van der Waals surface area contributed by atoms with Crippen molar-refractivity contribution in [2.24, 2.45) is 5.92 Å². The summed E-state index contributed by atoms with van der Waals surface area (Å²) in [7, 11) is 3.61. The number of nitrogens with one attached hydrogen (secondary N) is 2. The number of hydrogen-bond acceptors (Lipinski definition) is 4. The quantitative estimate of drug-likeness (QED) is 0.309. The largest absolute Gasteiger partial charge is 0.385 e. The predicted octanol–water partition coefficient (Wildman–Crippen LogP) is 5.68. The lowest BCUT2D eigenvalue weighted by Gasteiger charge is -2.30. The molecule has 1 aliphatic rings. The van der Waals surface area contributed by atoms with E-state index in [1.807, 2.05) is 43.4 Å². The summed E-state index contributed by atoms with van der Waals surface area (Å²) in [6, 6.07) is 14.8. The number of rotatable bonds is 13. The van der Waals surface area contributed by atoms with Gasteiger partial charge in [-0.05, 0) is 74.0 Å². The molecule has 0 radical (unpaired) electrons. The number of hydrogen-bond donors (Lipinski definition) is 3. The van der Waals surface area contributed by atoms with Crippen molar-refractivity contribution in [2.75, 3.05) is 27.3 Å². The number of carbonyl (C=O) groups is 1. The van der Waals surface area contributed by atoms with Gasteiger partial charge in [0.05, 0.1) is 0 Å². The molecule has 3 rings (SSSR count). The summed E-state index contributed by atoms with van der Waals surface area (Å²) >= 11 is 6.27. The number of halogens is 1. The number of unbranched alkanes of at least 4 members (excludes halogenated alkanes) is 1. The molecule has 0 spiro atoms. The van der Waals surface area contributed by atoms with Gasteiger partial charge in [0, 0.05) is 36.9 Å². The average molecular weight is 501 g/mol. The Labute approximate surface area is 215 Å². The van der Waals surface area contributed by atoms with E-state index < -0.39 is 5.60 Å². The van der Waals surface area contributed by atoms with Crippen LogP contribution in [0.5, 0.6) is 0 Å². The third-order valence-corrected chi connectivity index (χ3v) is 7.40. The molecule has 1 fully saturated rings. The van der Waals surface area contributed by atoms with Crippen molar-refractivity contribution < 1.29 is 14.6 Å². The molecule has 5 nitrogen and oxygen atoms in total. The number of amides is 1. The summed E-state index contributed by atoms with van der Waals surface area (Å²) in [6.07, 6.45) is 9.53. The highest BCUT2D eigenvalue weighted by atomic mass is 35.5. The topological polar surface area (TPSA) is 70.6 Å². The third kappa shape index (κ3) is 8.04. The van der Waals surface area contributed by atoms with Gasteiger partial charge in [-0.2, -0.15) is 0 Å². The maximum atomic E-state index is 13.3. The van der Waals surface area contributed by atoms with E-state index in [1.54, 1.807) is 19.2 Å². The number of benzene rings is 2. The van der Waals surface area contributed by atoms with Crippen molar-refractivity contribution in [1.82, 2.24) is 10.6 Å². The summed E-state index contributed by atoms with van der Waals surface area (Å²) in [5.41, 5.74) is 0.735. The minimum atomic E-state index is -1.25. The van der Waals surface area contributed by atoms with Gasteiger partial charge in [0.15, 0.2) is 0 Å². The van der Waals surface area contributed by atoms with Crippen LogP contribution in [0, 0.1) is 5.92 Å². The minimum Gasteiger partial charge on any atom is -0.385 e. The molecule has 1 aliphatic carbocycles. The zero-order valence-electron chi connectivity index (χ0n) is 21.2. The van der Waals surface area contributed by atoms with Crippen molar-refractivity contribution in [3.05, 3.63) is 70.2 Å². The molecule has 3 N–H and O–H groups in total. The molecule has 6 heteroatoms. The highest BCUT2D eigenvalue weighted by Crippen LogP contribution is 2.36. The van der Waals surface area contributed by atoms with Gasteiger partial charge in [-0.1, -0.05) is 68.0 Å². The van der Waals surface area contributed by atoms with Crippen LogP contribution in [0.2, 0.25) is 5.02 Å². The van der Waals surface area contributed by atoms with E-state index >= 15 is 0 Å². The first-order valence-electron chi connectivity index (χ1n) is 13.0. The second kappa shape index (κ2) is 14.0. The van der Waals surface area contributed by atoms with Gasteiger partial charge in [-0.25, -0.2) is 0 Å². The number of carbonyl (C=O) groups excluding carboxylic acids is 1. The fourth-order valence-corrected chi connectivity index (χ4v) is 5.47. The van der Waals surface area contributed by atoms with E-state index in [1.165, 1.54) is 32.1 Å². The first kappa shape index (κ1) is 27.7. The molecule has 2 atom stereocenters. The van der Waals surface area contributed by atoms with Gasteiger partial charge in [0.1, 0.15) is 5.60 Å². The van der Waals surface area contributed by atoms with Crippen LogP contribution in [0.1, 0.15) is 79.3 Å². The lowest BCUT2D eigenvalue weighted by atomic mass is 9.81. The standard InChI is InChI=1S/C29H41ClN2O3/c1-31-21-27(18-22-10-4-3-5-11-22)32-28(33)23-12-8-13-24(19-23)29(34,16-6-7-17-35-2)25-14-9-15-26(30)20-25/h8-9,12-15,19-20,22,27,31,34H,3-7,10-11,16-18,21H2,1-2H3,(H,32,33)/t27?,29-/m0/s1. The molecule has 0 aliphatic heterocycles. The Hall–Kier alpha value is -1.92. The molecule has 0 bridgehead atoms. The second-order valence-electron chi connectivity index (χ2n) is 9.87. The number of methoxy groups -OCH3 is 1. The van der Waals surface area contributed by atoms with Crippen LogP contribution >= 0.6 is 11.6 Å². The molecule has 192 valence electrons. The normalized spacial score (nSPS) is 17.0. The first-order valence-corrected chi connectivity index (χ1v) is 13.4. The third-order valence-electron chi connectivity index (χ3n) is 7.17. The maximum absolute atomic E-state index is 13.3. The zero-order valence-corrected chi connectivity index (χ0v) is 21.9. The number of aliphatic hydroxyl groups is 1. The van der Waals surface area contributed by atoms with Crippen molar-refractivity contribution >= 4 is 17.5 Å². The molecular formula is C29H41ClN2O3. The van der Waals surface area contributed by atoms with Crippen LogP contribution in [-0.4, -0.2) is 44.4 Å². The number of ether oxygens (including phenoxy) is 1. The predicted molar refractivity (Wildman–Crippen MR) is 143 cm³/mol. The van der Waals surface area contributed by atoms with Gasteiger partial charge in [-0.15, -0.1) is 0 Å². The summed E-state index contributed by atoms with van der Waals surface area (Å²) in [4.78, 5) is 13.3. The summed E-state index contributed by atoms with van der Waals surface area (Å²) < 4.78 is 5.19. The van der Waals surface area contributed by atoms with Crippen LogP contribution in [0.4, 0.5) is 0 Å². The maximum Gasteiger partial charge on any atom is 0.251 e. The van der Waals surface area contributed by atoms with E-state index in [0.717, 1.165) is 31.4 Å². The van der Waals surface area contributed by atoms with Crippen LogP contribution in [-0.2, 0) is 10.3 Å². The summed E-state index contributed by atoms with van der Waals surface area (Å²) in [6.45, 7) is 1.38. The SMILES string of the molecule is CNCC(CC1CCCCC1)NC(=O)c1cccc([C@@](O)(CCCCOC)c2cccc(Cl)c2)c1. The van der Waals surface area contributed by atoms with E-state index in [0.29, 0.717) is 35.1 Å². The van der Waals surface area contributed by atoms with Gasteiger partial charge in [0.2, 0.25) is 0 Å². The first-order chi connectivity index (χ1) is 17.0. The Bertz CT molecular complexity index is 932. The Morgan fingerprint density at radius 1 is 1.11 bits per heavy atom. The van der Waals surface area contributed by atoms with Crippen LogP contribution in [0.15, 0.2) is 48.5 Å². The van der Waals surface area contributed by atoms with Crippen LogP contribution < -0.4 is 10.6 Å². The minimum absolute atomic E-state index is 0.0834. The fraction of sp³-hybridized carbons (Fsp3) is 0.552. The van der Waals surface area contributed by atoms with E-state index in [2.05, 4.69) is 10.6 Å². The Balaban J connectivity index is 1.80. The second-order valence-corrected chi connectivity index (χ2v) is 10.3. The molecule has 0 saturated heterocycles. The smallest absolute Gasteiger partial charge is 0.251 e. The van der Waals surface area contributed by atoms with Crippen molar-refractivity contribution in [1.29, 1.82) is 0 Å². The molecule has 2 aromatic rings. The summed E-state index contributed by atoms with van der Waals surface area (Å²) in [5, 5.41) is 19.0. The van der Waals surface area contributed by atoms with E-state index in [9.17, 15) is 9.90 Å². The lowest BCUT2D eigenvalue weighted by Crippen LogP contribution is -2.42. The van der Waals surface area contributed by atoms with Crippen molar-refractivity contribution in [3.63, 3.8) is 0 Å². The number of likely N-dealkylation sites (N-methyl/N-ethyl adjacent to an activating group) is 1. The lowest BCUT2D eigenvalue weighted by molar-refractivity contribution is 0.0650. The molecule has 0 aromatic heterocycles. The van der Waals surface area contributed by atoms with Gasteiger partial charge < -0.3 is 20.5 Å². The van der Waals surface area contributed by atoms with Gasteiger partial charge >= 0.3 is 0 Å². The molecule has 1 saturated carbocycles. The highest BCUT2D eigenvalue weighted by molar-refractivity contribution is 6.30. The molecule has 35 heavy (non-hydrogen) atoms. The Kier molecular flexibility index (Phi) is 11.1. The molecule has 0 heterocycles. The molecular weight excluding hydrogens is 460 g/mol. The van der Waals surface area contributed by atoms with Crippen LogP contribution in [0.3, 0.4) is 0 Å². The van der Waals surface area contributed by atoms with Crippen molar-refractivity contribution in [3.8, 4) is 0 Å². The Morgan fingerprint density at radius 2 is 1.83 bits per heavy atom. The molecule has 2 aromatic carbocycles. The van der Waals surface area contributed by atoms with Gasteiger partial charge in [0.25, 0.3) is 5.91 Å². The van der Waals surface area contributed by atoms with E-state index in [-0.39, 0.29) is 11.9 Å². The average Bonchev–Trinajstić information content (AvgIpc) is 2.87. The van der Waals surface area contributed by atoms with Crippen molar-refractivity contribution in [2.45, 2.75) is 69.4 Å². The molecule has 1 unspecified atom stereocenters. The Morgan fingerprint density at radius 3 is 2.51 bits per heavy atom. The fourth-order valence-electron chi connectivity index (χ4n) is 5.28. The van der Waals surface area contributed by atoms with Gasteiger partial charge in [-0.3, -0.25) is 4.79 Å². The monoisotopic (exact) mass is 500 g/mol. The van der Waals surface area contributed by atoms with Crippen LogP contribution in [0.25, 0.3) is 0 Å². The summed E-state index contributed by atoms with van der Waals surface area (Å²) in [5.74, 6) is 0.574. The molecule has 1 amide bonds. The highest BCUT2D eigenvalue weighted by Gasteiger charge is 2.32.